The first-order valence-electron chi connectivity index (χ1n) is 8.31. The van der Waals surface area contributed by atoms with Crippen molar-refractivity contribution in [2.24, 2.45) is 5.92 Å². The number of hydrogen-bond donors (Lipinski definition) is 0. The predicted octanol–water partition coefficient (Wildman–Crippen LogP) is 7.10. The highest BCUT2D eigenvalue weighted by atomic mass is 79.9. The van der Waals surface area contributed by atoms with Gasteiger partial charge in [0.25, 0.3) is 0 Å². The summed E-state index contributed by atoms with van der Waals surface area (Å²) in [5.74, 6) is 0.913. The van der Waals surface area contributed by atoms with E-state index in [0.717, 1.165) is 10.4 Å². The fourth-order valence-corrected chi connectivity index (χ4v) is 3.60. The summed E-state index contributed by atoms with van der Waals surface area (Å²) in [6.07, 6.45) is 9.02. The van der Waals surface area contributed by atoms with Crippen LogP contribution >= 0.6 is 15.9 Å². The minimum atomic E-state index is 0.913. The molecule has 0 amide bonds. The van der Waals surface area contributed by atoms with E-state index in [0.29, 0.717) is 0 Å². The van der Waals surface area contributed by atoms with E-state index in [-0.39, 0.29) is 0 Å². The third-order valence-corrected chi connectivity index (χ3v) is 5.18. The Morgan fingerprint density at radius 1 is 0.909 bits per heavy atom. The predicted molar refractivity (Wildman–Crippen MR) is 99.8 cm³/mol. The molecule has 1 aliphatic carbocycles. The molecular formula is C21H23Br. The molecule has 0 spiro atoms. The molecule has 0 saturated carbocycles. The summed E-state index contributed by atoms with van der Waals surface area (Å²) in [6.45, 7) is 2.29. The monoisotopic (exact) mass is 354 g/mol. The molecule has 0 aliphatic heterocycles. The number of allylic oxidation sites excluding steroid dienone is 2. The van der Waals surface area contributed by atoms with Crippen molar-refractivity contribution >= 4 is 21.5 Å². The second kappa shape index (κ2) is 7.28. The number of rotatable bonds is 4. The standard InChI is InChI=1S/C21H23Br/c1-2-3-16-4-6-17(7-5-16)18-8-10-19(11-9-18)20-12-14-21(22)15-13-20/h6,8-16H,2-5,7H2,1H3. The molecule has 0 N–H and O–H groups in total. The van der Waals surface area contributed by atoms with Gasteiger partial charge >= 0.3 is 0 Å². The fraction of sp³-hybridized carbons (Fsp3) is 0.333. The summed E-state index contributed by atoms with van der Waals surface area (Å²) in [6, 6.07) is 17.6. The van der Waals surface area contributed by atoms with Crippen LogP contribution in [-0.2, 0) is 0 Å². The topological polar surface area (TPSA) is 0 Å². The highest BCUT2D eigenvalue weighted by Crippen LogP contribution is 2.33. The van der Waals surface area contributed by atoms with Crippen LogP contribution in [0, 0.1) is 5.92 Å². The summed E-state index contributed by atoms with van der Waals surface area (Å²) in [5.41, 5.74) is 5.50. The minimum Gasteiger partial charge on any atom is -0.0804 e. The Hall–Kier alpha value is -1.34. The molecule has 1 unspecified atom stereocenters. The van der Waals surface area contributed by atoms with Crippen molar-refractivity contribution in [3.05, 3.63) is 64.6 Å². The Morgan fingerprint density at radius 2 is 1.50 bits per heavy atom. The van der Waals surface area contributed by atoms with Gasteiger partial charge in [-0.1, -0.05) is 78.2 Å². The van der Waals surface area contributed by atoms with Crippen LogP contribution in [0.5, 0.6) is 0 Å². The van der Waals surface area contributed by atoms with Gasteiger partial charge in [0.2, 0.25) is 0 Å². The zero-order chi connectivity index (χ0) is 15.4. The second-order valence-corrected chi connectivity index (χ2v) is 7.16. The van der Waals surface area contributed by atoms with Gasteiger partial charge in [-0.25, -0.2) is 0 Å². The molecule has 22 heavy (non-hydrogen) atoms. The Kier molecular flexibility index (Phi) is 5.15. The molecule has 1 atom stereocenters. The number of hydrogen-bond acceptors (Lipinski definition) is 0. The fourth-order valence-electron chi connectivity index (χ4n) is 3.34. The summed E-state index contributed by atoms with van der Waals surface area (Å²) in [5, 5.41) is 0. The van der Waals surface area contributed by atoms with Crippen molar-refractivity contribution in [2.45, 2.75) is 39.0 Å². The lowest BCUT2D eigenvalue weighted by Crippen LogP contribution is -2.04. The van der Waals surface area contributed by atoms with E-state index in [9.17, 15) is 0 Å². The lowest BCUT2D eigenvalue weighted by atomic mass is 9.84. The first-order valence-corrected chi connectivity index (χ1v) is 9.11. The van der Waals surface area contributed by atoms with Gasteiger partial charge in [-0.05, 0) is 59.6 Å². The third kappa shape index (κ3) is 3.70. The summed E-state index contributed by atoms with van der Waals surface area (Å²) < 4.78 is 1.13. The van der Waals surface area contributed by atoms with E-state index >= 15 is 0 Å². The van der Waals surface area contributed by atoms with Crippen LogP contribution in [0.3, 0.4) is 0 Å². The van der Waals surface area contributed by atoms with Crippen molar-refractivity contribution < 1.29 is 0 Å². The van der Waals surface area contributed by atoms with Crippen molar-refractivity contribution in [3.63, 3.8) is 0 Å². The Balaban J connectivity index is 1.73. The largest absolute Gasteiger partial charge is 0.0804 e. The summed E-state index contributed by atoms with van der Waals surface area (Å²) in [4.78, 5) is 0. The average Bonchev–Trinajstić information content (AvgIpc) is 2.57. The number of halogens is 1. The molecule has 2 aromatic carbocycles. The van der Waals surface area contributed by atoms with Crippen molar-refractivity contribution in [1.29, 1.82) is 0 Å². The Labute approximate surface area is 142 Å². The molecule has 1 heteroatoms. The summed E-state index contributed by atoms with van der Waals surface area (Å²) >= 11 is 3.49. The first-order chi connectivity index (χ1) is 10.8. The van der Waals surface area contributed by atoms with Crippen molar-refractivity contribution in [2.75, 3.05) is 0 Å². The van der Waals surface area contributed by atoms with E-state index < -0.39 is 0 Å². The van der Waals surface area contributed by atoms with E-state index in [1.807, 2.05) is 0 Å². The van der Waals surface area contributed by atoms with Gasteiger partial charge < -0.3 is 0 Å². The number of benzene rings is 2. The maximum absolute atomic E-state index is 3.49. The van der Waals surface area contributed by atoms with E-state index in [4.69, 9.17) is 0 Å². The van der Waals surface area contributed by atoms with Gasteiger partial charge in [0.15, 0.2) is 0 Å². The molecule has 0 saturated heterocycles. The molecule has 2 aromatic rings. The molecule has 0 bridgehead atoms. The molecule has 3 rings (SSSR count). The maximum atomic E-state index is 3.49. The van der Waals surface area contributed by atoms with Gasteiger partial charge in [0, 0.05) is 4.47 Å². The molecule has 0 radical (unpaired) electrons. The average molecular weight is 355 g/mol. The molecular weight excluding hydrogens is 332 g/mol. The van der Waals surface area contributed by atoms with E-state index in [1.165, 1.54) is 54.4 Å². The molecule has 114 valence electrons. The van der Waals surface area contributed by atoms with Crippen LogP contribution in [0.4, 0.5) is 0 Å². The normalized spacial score (nSPS) is 18.1. The zero-order valence-corrected chi connectivity index (χ0v) is 14.8. The molecule has 0 heterocycles. The SMILES string of the molecule is CCCC1CC=C(c2ccc(-c3ccc(Br)cc3)cc2)CC1. The maximum Gasteiger partial charge on any atom is 0.0175 e. The van der Waals surface area contributed by atoms with Gasteiger partial charge in [0.05, 0.1) is 0 Å². The third-order valence-electron chi connectivity index (χ3n) is 4.65. The van der Waals surface area contributed by atoms with Crippen LogP contribution in [0.25, 0.3) is 16.7 Å². The van der Waals surface area contributed by atoms with E-state index in [1.54, 1.807) is 0 Å². The molecule has 0 fully saturated rings. The smallest absolute Gasteiger partial charge is 0.0175 e. The minimum absolute atomic E-state index is 0.913. The van der Waals surface area contributed by atoms with Crippen LogP contribution < -0.4 is 0 Å². The van der Waals surface area contributed by atoms with E-state index in [2.05, 4.69) is 77.5 Å². The van der Waals surface area contributed by atoms with Crippen LogP contribution in [-0.4, -0.2) is 0 Å². The molecule has 0 nitrogen and oxygen atoms in total. The zero-order valence-electron chi connectivity index (χ0n) is 13.2. The van der Waals surface area contributed by atoms with Gasteiger partial charge in [-0.15, -0.1) is 0 Å². The lowest BCUT2D eigenvalue weighted by Gasteiger charge is -2.21. The van der Waals surface area contributed by atoms with Crippen molar-refractivity contribution in [1.82, 2.24) is 0 Å². The lowest BCUT2D eigenvalue weighted by molar-refractivity contribution is 0.445. The van der Waals surface area contributed by atoms with Crippen LogP contribution in [0.2, 0.25) is 0 Å². The summed E-state index contributed by atoms with van der Waals surface area (Å²) in [7, 11) is 0. The van der Waals surface area contributed by atoms with Gasteiger partial charge in [-0.3, -0.25) is 0 Å². The van der Waals surface area contributed by atoms with Gasteiger partial charge in [-0.2, -0.15) is 0 Å². The Bertz CT molecular complexity index is 635. The molecule has 1 aliphatic rings. The van der Waals surface area contributed by atoms with Crippen molar-refractivity contribution in [3.8, 4) is 11.1 Å². The second-order valence-electron chi connectivity index (χ2n) is 6.24. The molecule has 0 aromatic heterocycles. The Morgan fingerprint density at radius 3 is 2.05 bits per heavy atom. The first kappa shape index (κ1) is 15.6. The van der Waals surface area contributed by atoms with Crippen LogP contribution in [0.1, 0.15) is 44.6 Å². The van der Waals surface area contributed by atoms with Crippen LogP contribution in [0.15, 0.2) is 59.1 Å². The highest BCUT2D eigenvalue weighted by Gasteiger charge is 2.14. The highest BCUT2D eigenvalue weighted by molar-refractivity contribution is 9.10. The quantitative estimate of drug-likeness (QED) is 0.549. The van der Waals surface area contributed by atoms with Gasteiger partial charge in [0.1, 0.15) is 0 Å².